The molecular formula is C24H39N3O5. The van der Waals surface area contributed by atoms with Crippen molar-refractivity contribution in [2.45, 2.75) is 64.8 Å². The SMILES string of the molecule is COC(=O)[C@H](CC(C)C)NC(=O)[C@H](NC(=O)[C@H](CC(C)C)N(C)C)[C@@H](O)c1ccccc1. The van der Waals surface area contributed by atoms with Crippen LogP contribution in [0.5, 0.6) is 0 Å². The molecule has 0 aliphatic rings. The summed E-state index contributed by atoms with van der Waals surface area (Å²) in [5.74, 6) is -1.20. The maximum atomic E-state index is 13.2. The van der Waals surface area contributed by atoms with Crippen LogP contribution in [0.25, 0.3) is 0 Å². The van der Waals surface area contributed by atoms with Gasteiger partial charge in [-0.2, -0.15) is 0 Å². The van der Waals surface area contributed by atoms with Gasteiger partial charge < -0.3 is 20.5 Å². The van der Waals surface area contributed by atoms with Crippen LogP contribution >= 0.6 is 0 Å². The smallest absolute Gasteiger partial charge is 0.328 e. The third-order valence-electron chi connectivity index (χ3n) is 5.17. The number of aliphatic hydroxyl groups is 1. The lowest BCUT2D eigenvalue weighted by atomic mass is 9.98. The molecule has 4 atom stereocenters. The first-order valence-electron chi connectivity index (χ1n) is 11.1. The van der Waals surface area contributed by atoms with Crippen LogP contribution in [-0.2, 0) is 19.1 Å². The molecule has 0 bridgehead atoms. The molecule has 0 aliphatic heterocycles. The number of hydrogen-bond donors (Lipinski definition) is 3. The molecule has 1 aromatic rings. The van der Waals surface area contributed by atoms with Gasteiger partial charge in [0, 0.05) is 0 Å². The highest BCUT2D eigenvalue weighted by atomic mass is 16.5. The molecule has 0 unspecified atom stereocenters. The van der Waals surface area contributed by atoms with Crippen molar-refractivity contribution in [3.63, 3.8) is 0 Å². The van der Waals surface area contributed by atoms with Gasteiger partial charge in [-0.1, -0.05) is 58.0 Å². The highest BCUT2D eigenvalue weighted by molar-refractivity contribution is 5.92. The van der Waals surface area contributed by atoms with Gasteiger partial charge in [-0.15, -0.1) is 0 Å². The van der Waals surface area contributed by atoms with E-state index in [9.17, 15) is 19.5 Å². The fraction of sp³-hybridized carbons (Fsp3) is 0.625. The van der Waals surface area contributed by atoms with Crippen molar-refractivity contribution >= 4 is 17.8 Å². The minimum absolute atomic E-state index is 0.121. The molecule has 8 heteroatoms. The van der Waals surface area contributed by atoms with Gasteiger partial charge in [0.05, 0.1) is 13.2 Å². The van der Waals surface area contributed by atoms with Gasteiger partial charge in [0.15, 0.2) is 0 Å². The summed E-state index contributed by atoms with van der Waals surface area (Å²) in [6.07, 6.45) is -0.333. The number of likely N-dealkylation sites (N-methyl/N-ethyl adjacent to an activating group) is 1. The lowest BCUT2D eigenvalue weighted by molar-refractivity contribution is -0.146. The molecule has 0 radical (unpaired) electrons. The van der Waals surface area contributed by atoms with Crippen molar-refractivity contribution in [1.29, 1.82) is 0 Å². The van der Waals surface area contributed by atoms with Crippen molar-refractivity contribution in [1.82, 2.24) is 15.5 Å². The van der Waals surface area contributed by atoms with E-state index >= 15 is 0 Å². The van der Waals surface area contributed by atoms with Crippen molar-refractivity contribution < 1.29 is 24.2 Å². The minimum Gasteiger partial charge on any atom is -0.467 e. The lowest BCUT2D eigenvalue weighted by Gasteiger charge is -2.30. The molecule has 8 nitrogen and oxygen atoms in total. The number of nitrogens with one attached hydrogen (secondary N) is 2. The first kappa shape index (κ1) is 27.6. The fourth-order valence-electron chi connectivity index (χ4n) is 3.47. The molecule has 1 aromatic carbocycles. The van der Waals surface area contributed by atoms with Gasteiger partial charge in [0.2, 0.25) is 11.8 Å². The molecule has 0 fully saturated rings. The number of nitrogens with zero attached hydrogens (tertiary/aromatic N) is 1. The summed E-state index contributed by atoms with van der Waals surface area (Å²) in [7, 11) is 4.85. The molecule has 180 valence electrons. The van der Waals surface area contributed by atoms with Gasteiger partial charge in [0.1, 0.15) is 18.2 Å². The summed E-state index contributed by atoms with van der Waals surface area (Å²) in [6.45, 7) is 7.88. The number of benzene rings is 1. The summed E-state index contributed by atoms with van der Waals surface area (Å²) in [5.41, 5.74) is 0.483. The number of ether oxygens (including phenoxy) is 1. The predicted molar refractivity (Wildman–Crippen MR) is 124 cm³/mol. The Balaban J connectivity index is 3.20. The van der Waals surface area contributed by atoms with Gasteiger partial charge in [-0.05, 0) is 44.3 Å². The topological polar surface area (TPSA) is 108 Å². The molecule has 3 N–H and O–H groups in total. The second-order valence-electron chi connectivity index (χ2n) is 9.16. The minimum atomic E-state index is -1.29. The first-order valence-corrected chi connectivity index (χ1v) is 11.1. The standard InChI is InChI=1S/C24H39N3O5/c1-15(2)13-18(24(31)32-7)25-23(30)20(21(28)17-11-9-8-10-12-17)26-22(29)19(27(5)6)14-16(3)4/h8-12,15-16,18-21,28H,13-14H2,1-7H3,(H,25,30)(H,26,29)/t18-,19-,20+,21-/m0/s1. The first-order chi connectivity index (χ1) is 15.0. The van der Waals surface area contributed by atoms with Crippen LogP contribution in [0.4, 0.5) is 0 Å². The van der Waals surface area contributed by atoms with Crippen molar-refractivity contribution in [2.75, 3.05) is 21.2 Å². The third-order valence-corrected chi connectivity index (χ3v) is 5.17. The Morgan fingerprint density at radius 2 is 1.50 bits per heavy atom. The average molecular weight is 450 g/mol. The van der Waals surface area contributed by atoms with Crippen LogP contribution in [0.1, 0.15) is 52.2 Å². The Hall–Kier alpha value is -2.45. The summed E-state index contributed by atoms with van der Waals surface area (Å²) >= 11 is 0. The quantitative estimate of drug-likeness (QED) is 0.421. The van der Waals surface area contributed by atoms with Gasteiger partial charge >= 0.3 is 5.97 Å². The van der Waals surface area contributed by atoms with E-state index in [1.165, 1.54) is 7.11 Å². The molecule has 32 heavy (non-hydrogen) atoms. The number of esters is 1. The average Bonchev–Trinajstić information content (AvgIpc) is 2.73. The molecule has 0 saturated heterocycles. The number of rotatable bonds is 12. The van der Waals surface area contributed by atoms with E-state index in [0.29, 0.717) is 18.4 Å². The Morgan fingerprint density at radius 1 is 0.938 bits per heavy atom. The Morgan fingerprint density at radius 3 is 1.97 bits per heavy atom. The number of carbonyl (C=O) groups is 3. The number of methoxy groups -OCH3 is 1. The van der Waals surface area contributed by atoms with Crippen LogP contribution < -0.4 is 10.6 Å². The van der Waals surface area contributed by atoms with Gasteiger partial charge in [-0.25, -0.2) is 4.79 Å². The van der Waals surface area contributed by atoms with E-state index in [1.54, 1.807) is 49.3 Å². The van der Waals surface area contributed by atoms with E-state index < -0.39 is 36.1 Å². The van der Waals surface area contributed by atoms with Crippen LogP contribution in [0.2, 0.25) is 0 Å². The maximum Gasteiger partial charge on any atom is 0.328 e. The van der Waals surface area contributed by atoms with E-state index in [-0.39, 0.29) is 17.7 Å². The Kier molecular flexibility index (Phi) is 11.4. The zero-order valence-electron chi connectivity index (χ0n) is 20.3. The van der Waals surface area contributed by atoms with E-state index in [4.69, 9.17) is 4.74 Å². The number of amides is 2. The number of carbonyl (C=O) groups excluding carboxylic acids is 3. The second kappa shape index (κ2) is 13.2. The molecule has 0 saturated carbocycles. The van der Waals surface area contributed by atoms with Crippen molar-refractivity contribution in [2.24, 2.45) is 11.8 Å². The van der Waals surface area contributed by atoms with Crippen LogP contribution in [0.15, 0.2) is 30.3 Å². The van der Waals surface area contributed by atoms with E-state index in [1.807, 2.05) is 27.7 Å². The van der Waals surface area contributed by atoms with Crippen molar-refractivity contribution in [3.8, 4) is 0 Å². The summed E-state index contributed by atoms with van der Waals surface area (Å²) in [6, 6.07) is 6.01. The zero-order valence-corrected chi connectivity index (χ0v) is 20.3. The maximum absolute atomic E-state index is 13.2. The highest BCUT2D eigenvalue weighted by Gasteiger charge is 2.35. The molecule has 0 aliphatic carbocycles. The molecule has 2 amide bonds. The second-order valence-corrected chi connectivity index (χ2v) is 9.16. The monoisotopic (exact) mass is 449 g/mol. The zero-order chi connectivity index (χ0) is 24.4. The van der Waals surface area contributed by atoms with Crippen LogP contribution in [-0.4, -0.2) is 67.1 Å². The van der Waals surface area contributed by atoms with Gasteiger partial charge in [-0.3, -0.25) is 14.5 Å². The molecule has 1 rings (SSSR count). The Bertz CT molecular complexity index is 736. The summed E-state index contributed by atoms with van der Waals surface area (Å²) < 4.78 is 4.82. The largest absolute Gasteiger partial charge is 0.467 e. The summed E-state index contributed by atoms with van der Waals surface area (Å²) in [4.78, 5) is 40.3. The van der Waals surface area contributed by atoms with Crippen LogP contribution in [0, 0.1) is 11.8 Å². The Labute approximate surface area is 191 Å². The fourth-order valence-corrected chi connectivity index (χ4v) is 3.47. The molecular weight excluding hydrogens is 410 g/mol. The van der Waals surface area contributed by atoms with E-state index in [2.05, 4.69) is 10.6 Å². The third kappa shape index (κ3) is 8.59. The predicted octanol–water partition coefficient (Wildman–Crippen LogP) is 1.89. The molecule has 0 aromatic heterocycles. The van der Waals surface area contributed by atoms with Crippen LogP contribution in [0.3, 0.4) is 0 Å². The molecule has 0 spiro atoms. The van der Waals surface area contributed by atoms with Gasteiger partial charge in [0.25, 0.3) is 0 Å². The molecule has 0 heterocycles. The normalized spacial score (nSPS) is 15.2. The number of aliphatic hydroxyl groups excluding tert-OH is 1. The number of hydrogen-bond acceptors (Lipinski definition) is 6. The lowest BCUT2D eigenvalue weighted by Crippen LogP contribution is -2.57. The van der Waals surface area contributed by atoms with Crippen molar-refractivity contribution in [3.05, 3.63) is 35.9 Å². The highest BCUT2D eigenvalue weighted by Crippen LogP contribution is 2.19. The van der Waals surface area contributed by atoms with E-state index in [0.717, 1.165) is 0 Å². The summed E-state index contributed by atoms with van der Waals surface area (Å²) in [5, 5.41) is 16.4.